The number of carbonyl (C=O) groups excluding carboxylic acids is 1. The van der Waals surface area contributed by atoms with E-state index in [1.54, 1.807) is 41.0 Å². The summed E-state index contributed by atoms with van der Waals surface area (Å²) in [5.41, 5.74) is 1.37. The largest absolute Gasteiger partial charge is 0.323 e. The molecule has 2 rings (SSSR count). The van der Waals surface area contributed by atoms with Crippen molar-refractivity contribution < 1.29 is 4.79 Å². The van der Waals surface area contributed by atoms with Crippen LogP contribution in [0.5, 0.6) is 0 Å². The molecule has 106 valence electrons. The average molecular weight is 311 g/mol. The van der Waals surface area contributed by atoms with E-state index in [2.05, 4.69) is 22.3 Å². The van der Waals surface area contributed by atoms with Crippen LogP contribution in [0, 0.1) is 0 Å². The van der Waals surface area contributed by atoms with Crippen molar-refractivity contribution in [2.45, 2.75) is 13.3 Å². The van der Waals surface area contributed by atoms with Gasteiger partial charge in [-0.2, -0.15) is 16.9 Å². The van der Waals surface area contributed by atoms with Crippen LogP contribution < -0.4 is 5.32 Å². The molecule has 1 aromatic carbocycles. The summed E-state index contributed by atoms with van der Waals surface area (Å²) < 4.78 is 1.59. The molecule has 0 spiro atoms. The number of nitrogens with zero attached hydrogens (tertiary/aromatic N) is 3. The molecule has 0 unspecified atom stereocenters. The van der Waals surface area contributed by atoms with Crippen molar-refractivity contribution in [2.75, 3.05) is 16.8 Å². The number of thioether (sulfide) groups is 1. The molecular weight excluding hydrogens is 296 g/mol. The van der Waals surface area contributed by atoms with E-state index < -0.39 is 0 Å². The fraction of sp³-hybridized carbons (Fsp3) is 0.308. The summed E-state index contributed by atoms with van der Waals surface area (Å²) in [7, 11) is 0. The number of halogens is 1. The van der Waals surface area contributed by atoms with Gasteiger partial charge in [0.05, 0.1) is 17.1 Å². The molecule has 2 aromatic rings. The number of hydrogen-bond donors (Lipinski definition) is 1. The fourth-order valence-electron chi connectivity index (χ4n) is 1.64. The minimum atomic E-state index is -0.0490. The van der Waals surface area contributed by atoms with Crippen LogP contribution in [0.2, 0.25) is 5.02 Å². The average Bonchev–Trinajstić information content (AvgIpc) is 2.93. The molecule has 0 radical (unpaired) electrons. The van der Waals surface area contributed by atoms with Crippen LogP contribution in [0.1, 0.15) is 13.3 Å². The van der Waals surface area contributed by atoms with Crippen LogP contribution in [0.4, 0.5) is 5.69 Å². The van der Waals surface area contributed by atoms with Gasteiger partial charge in [-0.25, -0.2) is 9.67 Å². The summed E-state index contributed by atoms with van der Waals surface area (Å²) in [6.45, 7) is 2.09. The number of aromatic nitrogens is 3. The van der Waals surface area contributed by atoms with Gasteiger partial charge in [-0.15, -0.1) is 0 Å². The predicted octanol–water partition coefficient (Wildman–Crippen LogP) is 3.00. The van der Waals surface area contributed by atoms with E-state index in [1.165, 1.54) is 6.33 Å². The Labute approximate surface area is 126 Å². The molecule has 0 saturated carbocycles. The van der Waals surface area contributed by atoms with E-state index in [-0.39, 0.29) is 5.91 Å². The highest BCUT2D eigenvalue weighted by molar-refractivity contribution is 7.99. The van der Waals surface area contributed by atoms with E-state index in [0.717, 1.165) is 17.9 Å². The molecule has 1 aromatic heterocycles. The number of benzene rings is 1. The Morgan fingerprint density at radius 1 is 1.50 bits per heavy atom. The monoisotopic (exact) mass is 310 g/mol. The molecule has 7 heteroatoms. The Bertz CT molecular complexity index is 574. The second kappa shape index (κ2) is 7.31. The molecule has 0 saturated heterocycles. The smallest absolute Gasteiger partial charge is 0.234 e. The van der Waals surface area contributed by atoms with Gasteiger partial charge < -0.3 is 5.32 Å². The summed E-state index contributed by atoms with van der Waals surface area (Å²) in [5, 5.41) is 7.49. The summed E-state index contributed by atoms with van der Waals surface area (Å²) >= 11 is 7.60. The lowest BCUT2D eigenvalue weighted by molar-refractivity contribution is -0.113. The molecule has 0 atom stereocenters. The number of nitrogens with one attached hydrogen (secondary N) is 1. The third-order valence-electron chi connectivity index (χ3n) is 2.48. The van der Waals surface area contributed by atoms with Gasteiger partial charge in [0.1, 0.15) is 12.7 Å². The van der Waals surface area contributed by atoms with Crippen molar-refractivity contribution in [3.8, 4) is 5.69 Å². The number of carbonyl (C=O) groups is 1. The number of anilines is 1. The van der Waals surface area contributed by atoms with Gasteiger partial charge in [-0.1, -0.05) is 18.5 Å². The van der Waals surface area contributed by atoms with Crippen LogP contribution in [0.25, 0.3) is 5.69 Å². The highest BCUT2D eigenvalue weighted by atomic mass is 35.5. The van der Waals surface area contributed by atoms with Gasteiger partial charge in [0.15, 0.2) is 0 Å². The zero-order valence-corrected chi connectivity index (χ0v) is 12.6. The first kappa shape index (κ1) is 14.9. The molecule has 1 heterocycles. The van der Waals surface area contributed by atoms with E-state index >= 15 is 0 Å². The summed E-state index contributed by atoms with van der Waals surface area (Å²) in [6, 6.07) is 5.26. The molecule has 0 fully saturated rings. The first-order valence-corrected chi connectivity index (χ1v) is 7.76. The quantitative estimate of drug-likeness (QED) is 0.833. The van der Waals surface area contributed by atoms with Gasteiger partial charge in [0.2, 0.25) is 5.91 Å². The first-order chi connectivity index (χ1) is 9.70. The van der Waals surface area contributed by atoms with Crippen LogP contribution in [0.15, 0.2) is 30.9 Å². The fourth-order valence-corrected chi connectivity index (χ4v) is 2.50. The van der Waals surface area contributed by atoms with E-state index in [9.17, 15) is 4.79 Å². The SMILES string of the molecule is CCCSCC(=O)Nc1cc(Cl)ccc1-n1cncn1. The topological polar surface area (TPSA) is 59.8 Å². The molecule has 0 aliphatic heterocycles. The van der Waals surface area contributed by atoms with Crippen molar-refractivity contribution in [1.29, 1.82) is 0 Å². The van der Waals surface area contributed by atoms with Crippen molar-refractivity contribution in [1.82, 2.24) is 14.8 Å². The van der Waals surface area contributed by atoms with E-state index in [0.29, 0.717) is 16.5 Å². The maximum Gasteiger partial charge on any atom is 0.234 e. The van der Waals surface area contributed by atoms with Crippen molar-refractivity contribution in [3.63, 3.8) is 0 Å². The van der Waals surface area contributed by atoms with Crippen LogP contribution in [-0.4, -0.2) is 32.2 Å². The standard InChI is InChI=1S/C13H15ClN4OS/c1-2-5-20-7-13(19)17-11-6-10(14)3-4-12(11)18-9-15-8-16-18/h3-4,6,8-9H,2,5,7H2,1H3,(H,17,19). The maximum absolute atomic E-state index is 11.9. The second-order valence-electron chi connectivity index (χ2n) is 4.10. The van der Waals surface area contributed by atoms with Gasteiger partial charge in [0.25, 0.3) is 0 Å². The van der Waals surface area contributed by atoms with E-state index in [4.69, 9.17) is 11.6 Å². The molecule has 20 heavy (non-hydrogen) atoms. The number of rotatable bonds is 6. The molecule has 0 aliphatic rings. The summed E-state index contributed by atoms with van der Waals surface area (Å²) in [4.78, 5) is 15.8. The third-order valence-corrected chi connectivity index (χ3v) is 3.88. The molecule has 1 N–H and O–H groups in total. The third kappa shape index (κ3) is 3.98. The number of amides is 1. The van der Waals surface area contributed by atoms with Crippen LogP contribution in [-0.2, 0) is 4.79 Å². The second-order valence-corrected chi connectivity index (χ2v) is 5.64. The highest BCUT2D eigenvalue weighted by Gasteiger charge is 2.10. The Morgan fingerprint density at radius 3 is 3.05 bits per heavy atom. The van der Waals surface area contributed by atoms with Crippen LogP contribution in [0.3, 0.4) is 0 Å². The minimum Gasteiger partial charge on any atom is -0.323 e. The minimum absolute atomic E-state index is 0.0490. The number of hydrogen-bond acceptors (Lipinski definition) is 4. The molecule has 0 bridgehead atoms. The lowest BCUT2D eigenvalue weighted by Gasteiger charge is -2.11. The highest BCUT2D eigenvalue weighted by Crippen LogP contribution is 2.24. The lowest BCUT2D eigenvalue weighted by atomic mass is 10.2. The van der Waals surface area contributed by atoms with Gasteiger partial charge >= 0.3 is 0 Å². The molecule has 0 aliphatic carbocycles. The first-order valence-electron chi connectivity index (χ1n) is 6.23. The lowest BCUT2D eigenvalue weighted by Crippen LogP contribution is -2.16. The normalized spacial score (nSPS) is 10.5. The van der Waals surface area contributed by atoms with Crippen molar-refractivity contribution in [3.05, 3.63) is 35.9 Å². The maximum atomic E-state index is 11.9. The summed E-state index contributed by atoms with van der Waals surface area (Å²) in [5.74, 6) is 1.35. The summed E-state index contributed by atoms with van der Waals surface area (Å²) in [6.07, 6.45) is 4.07. The van der Waals surface area contributed by atoms with Crippen LogP contribution >= 0.6 is 23.4 Å². The predicted molar refractivity (Wildman–Crippen MR) is 82.6 cm³/mol. The van der Waals surface area contributed by atoms with E-state index in [1.807, 2.05) is 0 Å². The Balaban J connectivity index is 2.14. The Kier molecular flexibility index (Phi) is 5.43. The van der Waals surface area contributed by atoms with Gasteiger partial charge in [0, 0.05) is 5.02 Å². The molecule has 1 amide bonds. The molecular formula is C13H15ClN4OS. The van der Waals surface area contributed by atoms with Crippen molar-refractivity contribution >= 4 is 35.0 Å². The van der Waals surface area contributed by atoms with Gasteiger partial charge in [-0.05, 0) is 30.4 Å². The molecule has 5 nitrogen and oxygen atoms in total. The Morgan fingerprint density at radius 2 is 2.35 bits per heavy atom. The zero-order valence-electron chi connectivity index (χ0n) is 11.0. The Hall–Kier alpha value is -1.53. The van der Waals surface area contributed by atoms with Gasteiger partial charge in [-0.3, -0.25) is 4.79 Å². The zero-order chi connectivity index (χ0) is 14.4. The van der Waals surface area contributed by atoms with Crippen molar-refractivity contribution in [2.24, 2.45) is 0 Å².